The van der Waals surface area contributed by atoms with Crippen LogP contribution in [-0.4, -0.2) is 11.7 Å². The van der Waals surface area contributed by atoms with Crippen LogP contribution in [0.2, 0.25) is 0 Å². The Kier molecular flexibility index (Phi) is 10.9. The van der Waals surface area contributed by atoms with Crippen molar-refractivity contribution in [1.29, 1.82) is 0 Å². The molecule has 0 aromatic rings. The summed E-state index contributed by atoms with van der Waals surface area (Å²) in [5, 5.41) is 0.815. The Hall–Kier alpha value is -0.110. The molecule has 2 heteroatoms. The molecule has 0 N–H and O–H groups in total. The zero-order chi connectivity index (χ0) is 10.6. The van der Waals surface area contributed by atoms with Gasteiger partial charge in [-0.3, -0.25) is 0 Å². The standard InChI is InChI=1S/C12H24OS/c1-3-5-7-8-9-10-12(14)13-11-6-4-2/h3-11H2,1-2H3. The molecule has 0 aliphatic heterocycles. The van der Waals surface area contributed by atoms with Crippen molar-refractivity contribution >= 4 is 17.3 Å². The molecule has 0 atom stereocenters. The first-order valence-electron chi connectivity index (χ1n) is 5.96. The fourth-order valence-electron chi connectivity index (χ4n) is 1.28. The molecule has 0 saturated carbocycles. The number of unbranched alkanes of at least 4 members (excludes halogenated alkanes) is 5. The molecule has 1 nitrogen and oxygen atoms in total. The van der Waals surface area contributed by atoms with Crippen molar-refractivity contribution in [3.05, 3.63) is 0 Å². The van der Waals surface area contributed by atoms with Crippen LogP contribution >= 0.6 is 12.2 Å². The average Bonchev–Trinajstić information content (AvgIpc) is 2.18. The van der Waals surface area contributed by atoms with Gasteiger partial charge >= 0.3 is 0 Å². The van der Waals surface area contributed by atoms with Gasteiger partial charge in [-0.25, -0.2) is 0 Å². The Morgan fingerprint density at radius 2 is 1.57 bits per heavy atom. The van der Waals surface area contributed by atoms with E-state index < -0.39 is 0 Å². The second-order valence-corrected chi connectivity index (χ2v) is 4.19. The lowest BCUT2D eigenvalue weighted by Gasteiger charge is -2.06. The normalized spacial score (nSPS) is 10.1. The van der Waals surface area contributed by atoms with Crippen molar-refractivity contribution in [3.8, 4) is 0 Å². The van der Waals surface area contributed by atoms with Crippen LogP contribution in [-0.2, 0) is 4.74 Å². The highest BCUT2D eigenvalue weighted by molar-refractivity contribution is 7.80. The highest BCUT2D eigenvalue weighted by Crippen LogP contribution is 2.06. The highest BCUT2D eigenvalue weighted by Gasteiger charge is 1.97. The van der Waals surface area contributed by atoms with Crippen LogP contribution in [0.15, 0.2) is 0 Å². The van der Waals surface area contributed by atoms with Crippen molar-refractivity contribution in [2.24, 2.45) is 0 Å². The first-order valence-corrected chi connectivity index (χ1v) is 6.37. The van der Waals surface area contributed by atoms with E-state index in [-0.39, 0.29) is 0 Å². The lowest BCUT2D eigenvalue weighted by Crippen LogP contribution is -2.02. The maximum atomic E-state index is 5.42. The summed E-state index contributed by atoms with van der Waals surface area (Å²) in [5.74, 6) is 0. The maximum Gasteiger partial charge on any atom is 0.159 e. The monoisotopic (exact) mass is 216 g/mol. The first-order chi connectivity index (χ1) is 6.81. The van der Waals surface area contributed by atoms with Crippen LogP contribution < -0.4 is 0 Å². The SMILES string of the molecule is CCCCCCCC(=S)OCCCC. The van der Waals surface area contributed by atoms with Gasteiger partial charge in [0.2, 0.25) is 0 Å². The lowest BCUT2D eigenvalue weighted by atomic mass is 10.1. The first kappa shape index (κ1) is 13.9. The summed E-state index contributed by atoms with van der Waals surface area (Å²) in [4.78, 5) is 0. The molecular formula is C12H24OS. The molecular weight excluding hydrogens is 192 g/mol. The molecule has 0 spiro atoms. The molecule has 0 bridgehead atoms. The topological polar surface area (TPSA) is 9.23 Å². The fraction of sp³-hybridized carbons (Fsp3) is 0.917. The molecule has 0 heterocycles. The summed E-state index contributed by atoms with van der Waals surface area (Å²) < 4.78 is 5.42. The van der Waals surface area contributed by atoms with E-state index in [2.05, 4.69) is 13.8 Å². The van der Waals surface area contributed by atoms with Gasteiger partial charge in [-0.15, -0.1) is 0 Å². The van der Waals surface area contributed by atoms with E-state index in [9.17, 15) is 0 Å². The predicted octanol–water partition coefficient (Wildman–Crippen LogP) is 4.49. The summed E-state index contributed by atoms with van der Waals surface area (Å²) in [6.45, 7) is 5.21. The summed E-state index contributed by atoms with van der Waals surface area (Å²) in [7, 11) is 0. The predicted molar refractivity (Wildman–Crippen MR) is 66.8 cm³/mol. The molecule has 0 aromatic carbocycles. The zero-order valence-corrected chi connectivity index (χ0v) is 10.5. The van der Waals surface area contributed by atoms with E-state index in [4.69, 9.17) is 17.0 Å². The van der Waals surface area contributed by atoms with Gasteiger partial charge in [0.05, 0.1) is 6.61 Å². The van der Waals surface area contributed by atoms with Gasteiger partial charge in [0.1, 0.15) is 0 Å². The van der Waals surface area contributed by atoms with Gasteiger partial charge in [-0.2, -0.15) is 0 Å². The molecule has 84 valence electrons. The third-order valence-electron chi connectivity index (χ3n) is 2.25. The van der Waals surface area contributed by atoms with E-state index in [1.54, 1.807) is 0 Å². The van der Waals surface area contributed by atoms with Crippen LogP contribution in [0.25, 0.3) is 0 Å². The highest BCUT2D eigenvalue weighted by atomic mass is 32.1. The van der Waals surface area contributed by atoms with E-state index in [0.29, 0.717) is 0 Å². The quantitative estimate of drug-likeness (QED) is 0.415. The number of rotatable bonds is 9. The molecule has 0 unspecified atom stereocenters. The molecule has 0 fully saturated rings. The van der Waals surface area contributed by atoms with Crippen LogP contribution in [0.1, 0.15) is 65.2 Å². The number of thiocarbonyl (C=S) groups is 1. The minimum Gasteiger partial charge on any atom is -0.487 e. The molecule has 0 aliphatic rings. The zero-order valence-electron chi connectivity index (χ0n) is 9.68. The summed E-state index contributed by atoms with van der Waals surface area (Å²) in [5.41, 5.74) is 0. The lowest BCUT2D eigenvalue weighted by molar-refractivity contribution is 0.295. The molecule has 0 aromatic heterocycles. The van der Waals surface area contributed by atoms with Gasteiger partial charge in [-0.05, 0) is 25.1 Å². The number of ether oxygens (including phenoxy) is 1. The van der Waals surface area contributed by atoms with Gasteiger partial charge in [0, 0.05) is 6.42 Å². The minimum absolute atomic E-state index is 0.810. The van der Waals surface area contributed by atoms with Crippen molar-refractivity contribution in [3.63, 3.8) is 0 Å². The summed E-state index contributed by atoms with van der Waals surface area (Å²) >= 11 is 5.12. The van der Waals surface area contributed by atoms with Gasteiger partial charge < -0.3 is 4.74 Å². The van der Waals surface area contributed by atoms with E-state index in [1.807, 2.05) is 0 Å². The number of hydrogen-bond acceptors (Lipinski definition) is 2. The largest absolute Gasteiger partial charge is 0.487 e. The van der Waals surface area contributed by atoms with Gasteiger partial charge in [-0.1, -0.05) is 46.0 Å². The summed E-state index contributed by atoms with van der Waals surface area (Å²) in [6, 6.07) is 0. The van der Waals surface area contributed by atoms with E-state index in [1.165, 1.54) is 38.5 Å². The molecule has 0 saturated heterocycles. The van der Waals surface area contributed by atoms with Crippen molar-refractivity contribution in [2.75, 3.05) is 6.61 Å². The van der Waals surface area contributed by atoms with Gasteiger partial charge in [0.25, 0.3) is 0 Å². The average molecular weight is 216 g/mol. The molecule has 0 aliphatic carbocycles. The second kappa shape index (κ2) is 11.0. The maximum absolute atomic E-state index is 5.42. The Labute approximate surface area is 94.2 Å². The van der Waals surface area contributed by atoms with E-state index >= 15 is 0 Å². The molecule has 0 radical (unpaired) electrons. The van der Waals surface area contributed by atoms with Crippen LogP contribution in [0.4, 0.5) is 0 Å². The Morgan fingerprint density at radius 1 is 0.929 bits per heavy atom. The van der Waals surface area contributed by atoms with Crippen LogP contribution in [0.3, 0.4) is 0 Å². The molecule has 0 amide bonds. The molecule has 0 rings (SSSR count). The Morgan fingerprint density at radius 3 is 2.21 bits per heavy atom. The van der Waals surface area contributed by atoms with Gasteiger partial charge in [0.15, 0.2) is 5.05 Å². The van der Waals surface area contributed by atoms with Crippen LogP contribution in [0.5, 0.6) is 0 Å². The smallest absolute Gasteiger partial charge is 0.159 e. The van der Waals surface area contributed by atoms with Crippen molar-refractivity contribution < 1.29 is 4.74 Å². The Balaban J connectivity index is 3.10. The molecule has 14 heavy (non-hydrogen) atoms. The third kappa shape index (κ3) is 9.97. The van der Waals surface area contributed by atoms with Crippen LogP contribution in [0, 0.1) is 0 Å². The fourth-order valence-corrected chi connectivity index (χ4v) is 1.50. The van der Waals surface area contributed by atoms with E-state index in [0.717, 1.165) is 24.5 Å². The number of hydrogen-bond donors (Lipinski definition) is 0. The summed E-state index contributed by atoms with van der Waals surface area (Å²) in [6.07, 6.45) is 9.77. The van der Waals surface area contributed by atoms with Crippen molar-refractivity contribution in [2.45, 2.75) is 65.2 Å². The minimum atomic E-state index is 0.810. The third-order valence-corrected chi connectivity index (χ3v) is 2.57. The second-order valence-electron chi connectivity index (χ2n) is 3.74. The van der Waals surface area contributed by atoms with Crippen molar-refractivity contribution in [1.82, 2.24) is 0 Å². The Bertz CT molecular complexity index is 134.